The van der Waals surface area contributed by atoms with Gasteiger partial charge in [0.25, 0.3) is 0 Å². The van der Waals surface area contributed by atoms with E-state index < -0.39 is 0 Å². The Labute approximate surface area is 88.6 Å². The minimum absolute atomic E-state index is 0.597. The number of hydrogen-bond acceptors (Lipinski definition) is 2. The predicted molar refractivity (Wildman–Crippen MR) is 60.5 cm³/mol. The fraction of sp³-hybridized carbons (Fsp3) is 1.00. The molecule has 0 bridgehead atoms. The number of nitrogens with zero attached hydrogens (tertiary/aromatic N) is 1. The predicted octanol–water partition coefficient (Wildman–Crippen LogP) is 2.53. The van der Waals surface area contributed by atoms with Gasteiger partial charge in [0.05, 0.1) is 13.2 Å². The molecule has 0 radical (unpaired) electrons. The Balaban J connectivity index is 2.46. The van der Waals surface area contributed by atoms with Gasteiger partial charge in [0, 0.05) is 18.6 Å². The van der Waals surface area contributed by atoms with Gasteiger partial charge in [-0.3, -0.25) is 4.90 Å². The lowest BCUT2D eigenvalue weighted by Gasteiger charge is -2.40. The molecule has 0 aromatic rings. The molecule has 0 aromatic carbocycles. The van der Waals surface area contributed by atoms with Crippen molar-refractivity contribution in [3.8, 4) is 0 Å². The summed E-state index contributed by atoms with van der Waals surface area (Å²) in [5, 5.41) is 0. The third-order valence-corrected chi connectivity index (χ3v) is 3.47. The number of hydrogen-bond donors (Lipinski definition) is 0. The molecule has 1 heterocycles. The van der Waals surface area contributed by atoms with Crippen molar-refractivity contribution in [1.82, 2.24) is 4.90 Å². The van der Waals surface area contributed by atoms with Gasteiger partial charge in [-0.05, 0) is 19.8 Å². The number of rotatable bonds is 4. The molecule has 1 fully saturated rings. The highest BCUT2D eigenvalue weighted by atomic mass is 16.5. The van der Waals surface area contributed by atoms with Gasteiger partial charge in [-0.2, -0.15) is 0 Å². The van der Waals surface area contributed by atoms with Crippen molar-refractivity contribution in [2.75, 3.05) is 19.8 Å². The molecule has 0 saturated carbocycles. The molecule has 0 unspecified atom stereocenters. The quantitative estimate of drug-likeness (QED) is 0.690. The molecule has 14 heavy (non-hydrogen) atoms. The molecule has 1 aliphatic rings. The maximum absolute atomic E-state index is 5.53. The maximum Gasteiger partial charge on any atom is 0.0620 e. The normalized spacial score (nSPS) is 29.8. The fourth-order valence-electron chi connectivity index (χ4n) is 2.24. The van der Waals surface area contributed by atoms with Crippen LogP contribution in [0.3, 0.4) is 0 Å². The minimum atomic E-state index is 0.597. The lowest BCUT2D eigenvalue weighted by atomic mass is 10.0. The van der Waals surface area contributed by atoms with Gasteiger partial charge in [0.15, 0.2) is 0 Å². The molecule has 2 nitrogen and oxygen atoms in total. The second-order valence-electron chi connectivity index (χ2n) is 4.61. The molecule has 2 heteroatoms. The summed E-state index contributed by atoms with van der Waals surface area (Å²) in [5.74, 6) is 0.859. The molecule has 0 aromatic heterocycles. The first kappa shape index (κ1) is 12.0. The van der Waals surface area contributed by atoms with Crippen LogP contribution in [-0.2, 0) is 4.74 Å². The van der Waals surface area contributed by atoms with Crippen molar-refractivity contribution in [2.45, 2.75) is 52.6 Å². The summed E-state index contributed by atoms with van der Waals surface area (Å²) >= 11 is 0. The third kappa shape index (κ3) is 2.96. The average Bonchev–Trinajstić information content (AvgIpc) is 2.18. The summed E-state index contributed by atoms with van der Waals surface area (Å²) < 4.78 is 5.53. The van der Waals surface area contributed by atoms with Crippen molar-refractivity contribution in [2.24, 2.45) is 5.92 Å². The zero-order chi connectivity index (χ0) is 10.6. The van der Waals surface area contributed by atoms with Crippen molar-refractivity contribution >= 4 is 0 Å². The monoisotopic (exact) mass is 199 g/mol. The van der Waals surface area contributed by atoms with E-state index in [0.717, 1.165) is 19.1 Å². The van der Waals surface area contributed by atoms with Gasteiger partial charge in [0.1, 0.15) is 0 Å². The van der Waals surface area contributed by atoms with Crippen LogP contribution in [0.4, 0.5) is 0 Å². The minimum Gasteiger partial charge on any atom is -0.378 e. The summed E-state index contributed by atoms with van der Waals surface area (Å²) in [4.78, 5) is 2.61. The van der Waals surface area contributed by atoms with Gasteiger partial charge in [0.2, 0.25) is 0 Å². The highest BCUT2D eigenvalue weighted by molar-refractivity contribution is 4.79. The molecule has 84 valence electrons. The molecule has 1 aliphatic heterocycles. The van der Waals surface area contributed by atoms with Crippen molar-refractivity contribution < 1.29 is 4.74 Å². The van der Waals surface area contributed by atoms with Gasteiger partial charge in [-0.15, -0.1) is 0 Å². The average molecular weight is 199 g/mol. The van der Waals surface area contributed by atoms with Crippen LogP contribution in [-0.4, -0.2) is 36.7 Å². The fourth-order valence-corrected chi connectivity index (χ4v) is 2.24. The van der Waals surface area contributed by atoms with Crippen LogP contribution in [0, 0.1) is 5.92 Å². The largest absolute Gasteiger partial charge is 0.378 e. The second-order valence-corrected chi connectivity index (χ2v) is 4.61. The summed E-state index contributed by atoms with van der Waals surface area (Å²) in [7, 11) is 0. The van der Waals surface area contributed by atoms with Crippen LogP contribution < -0.4 is 0 Å². The van der Waals surface area contributed by atoms with Crippen LogP contribution in [0.15, 0.2) is 0 Å². The Bertz CT molecular complexity index is 146. The van der Waals surface area contributed by atoms with E-state index in [1.165, 1.54) is 19.4 Å². The SMILES string of the molecule is CCC(CC)CN1[C@@H](C)COC[C@@H]1C. The van der Waals surface area contributed by atoms with E-state index in [1.807, 2.05) is 0 Å². The molecule has 0 aliphatic carbocycles. The molecular weight excluding hydrogens is 174 g/mol. The molecule has 0 N–H and O–H groups in total. The van der Waals surface area contributed by atoms with E-state index in [-0.39, 0.29) is 0 Å². The summed E-state index contributed by atoms with van der Waals surface area (Å²) in [6.07, 6.45) is 2.60. The van der Waals surface area contributed by atoms with Crippen molar-refractivity contribution in [3.63, 3.8) is 0 Å². The topological polar surface area (TPSA) is 12.5 Å². The zero-order valence-electron chi connectivity index (χ0n) is 10.1. The third-order valence-electron chi connectivity index (χ3n) is 3.47. The molecule has 0 spiro atoms. The van der Waals surface area contributed by atoms with Crippen LogP contribution in [0.25, 0.3) is 0 Å². The Kier molecular flexibility index (Phi) is 4.90. The second kappa shape index (κ2) is 5.72. The lowest BCUT2D eigenvalue weighted by molar-refractivity contribution is -0.0435. The maximum atomic E-state index is 5.53. The molecule has 0 amide bonds. The van der Waals surface area contributed by atoms with E-state index in [9.17, 15) is 0 Å². The molecular formula is C12H25NO. The van der Waals surface area contributed by atoms with Crippen LogP contribution in [0.1, 0.15) is 40.5 Å². The Morgan fingerprint density at radius 2 is 1.64 bits per heavy atom. The summed E-state index contributed by atoms with van der Waals surface area (Å²) in [6.45, 7) is 12.2. The number of ether oxygens (including phenoxy) is 1. The number of morpholine rings is 1. The smallest absolute Gasteiger partial charge is 0.0620 e. The first-order valence-corrected chi connectivity index (χ1v) is 6.02. The molecule has 1 saturated heterocycles. The highest BCUT2D eigenvalue weighted by Gasteiger charge is 2.26. The lowest BCUT2D eigenvalue weighted by Crippen LogP contribution is -2.51. The van der Waals surface area contributed by atoms with Crippen LogP contribution in [0.5, 0.6) is 0 Å². The Morgan fingerprint density at radius 3 is 2.07 bits per heavy atom. The Morgan fingerprint density at radius 1 is 1.14 bits per heavy atom. The van der Waals surface area contributed by atoms with Crippen molar-refractivity contribution in [3.05, 3.63) is 0 Å². The zero-order valence-corrected chi connectivity index (χ0v) is 10.1. The van der Waals surface area contributed by atoms with Crippen molar-refractivity contribution in [1.29, 1.82) is 0 Å². The molecule has 1 rings (SSSR count). The Hall–Kier alpha value is -0.0800. The standard InChI is InChI=1S/C12H25NO/c1-5-12(6-2)7-13-10(3)8-14-9-11(13)4/h10-12H,5-9H2,1-4H3/t10-,11-/m0/s1. The van der Waals surface area contributed by atoms with E-state index in [0.29, 0.717) is 12.1 Å². The van der Waals surface area contributed by atoms with Gasteiger partial charge >= 0.3 is 0 Å². The van der Waals surface area contributed by atoms with E-state index >= 15 is 0 Å². The summed E-state index contributed by atoms with van der Waals surface area (Å²) in [6, 6.07) is 1.19. The first-order chi connectivity index (χ1) is 6.69. The highest BCUT2D eigenvalue weighted by Crippen LogP contribution is 2.18. The summed E-state index contributed by atoms with van der Waals surface area (Å²) in [5.41, 5.74) is 0. The van der Waals surface area contributed by atoms with Gasteiger partial charge < -0.3 is 4.74 Å². The first-order valence-electron chi connectivity index (χ1n) is 6.02. The van der Waals surface area contributed by atoms with Gasteiger partial charge in [-0.25, -0.2) is 0 Å². The molecule has 2 atom stereocenters. The van der Waals surface area contributed by atoms with E-state index in [1.54, 1.807) is 0 Å². The van der Waals surface area contributed by atoms with E-state index in [4.69, 9.17) is 4.74 Å². The van der Waals surface area contributed by atoms with Gasteiger partial charge in [-0.1, -0.05) is 26.7 Å². The van der Waals surface area contributed by atoms with E-state index in [2.05, 4.69) is 32.6 Å². The van der Waals surface area contributed by atoms with Crippen LogP contribution >= 0.6 is 0 Å². The van der Waals surface area contributed by atoms with Crippen LogP contribution in [0.2, 0.25) is 0 Å².